The van der Waals surface area contributed by atoms with E-state index < -0.39 is 5.97 Å². The lowest BCUT2D eigenvalue weighted by atomic mass is 10.2. The molecule has 0 unspecified atom stereocenters. The topological polar surface area (TPSA) is 55.8 Å². The van der Waals surface area contributed by atoms with Crippen LogP contribution in [-0.2, 0) is 4.74 Å². The smallest absolute Gasteiger partial charge is 0.342 e. The van der Waals surface area contributed by atoms with Crippen molar-refractivity contribution in [1.29, 1.82) is 0 Å². The molecule has 0 saturated heterocycles. The van der Waals surface area contributed by atoms with Gasteiger partial charge in [0.2, 0.25) is 0 Å². The van der Waals surface area contributed by atoms with Crippen molar-refractivity contribution in [3.63, 3.8) is 0 Å². The number of rotatable bonds is 5. The van der Waals surface area contributed by atoms with Gasteiger partial charge in [-0.15, -0.1) is 0 Å². The summed E-state index contributed by atoms with van der Waals surface area (Å²) in [6.45, 7) is 1.02. The summed E-state index contributed by atoms with van der Waals surface area (Å²) in [4.78, 5) is 11.7. The molecule has 0 aliphatic carbocycles. The van der Waals surface area contributed by atoms with E-state index in [9.17, 15) is 9.90 Å². The van der Waals surface area contributed by atoms with Crippen molar-refractivity contribution < 1.29 is 23.9 Å². The zero-order chi connectivity index (χ0) is 13.8. The van der Waals surface area contributed by atoms with Crippen molar-refractivity contribution in [3.8, 4) is 11.5 Å². The summed E-state index contributed by atoms with van der Waals surface area (Å²) < 4.78 is 10.8. The maximum atomic E-state index is 11.7. The van der Waals surface area contributed by atoms with Gasteiger partial charge in [-0.1, -0.05) is 0 Å². The van der Waals surface area contributed by atoms with Crippen molar-refractivity contribution in [2.24, 2.45) is 0 Å². The summed E-state index contributed by atoms with van der Waals surface area (Å²) in [5.41, 5.74) is 0.150. The number of aromatic hydroxyl groups is 1. The fourth-order valence-corrected chi connectivity index (χ4v) is 1.30. The minimum atomic E-state index is -0.524. The van der Waals surface area contributed by atoms with E-state index in [4.69, 9.17) is 9.47 Å². The zero-order valence-electron chi connectivity index (χ0n) is 11.3. The largest absolute Gasteiger partial charge is 0.507 e. The minimum Gasteiger partial charge on any atom is -0.507 e. The summed E-state index contributed by atoms with van der Waals surface area (Å²) in [6, 6.07) is 4.48. The van der Waals surface area contributed by atoms with Crippen molar-refractivity contribution in [2.45, 2.75) is 0 Å². The number of carbonyl (C=O) groups is 1. The maximum Gasteiger partial charge on any atom is 0.342 e. The van der Waals surface area contributed by atoms with Gasteiger partial charge in [-0.3, -0.25) is 0 Å². The van der Waals surface area contributed by atoms with E-state index in [-0.39, 0.29) is 11.3 Å². The number of nitrogens with zero attached hydrogens (tertiary/aromatic N) is 1. The predicted molar refractivity (Wildman–Crippen MR) is 67.8 cm³/mol. The van der Waals surface area contributed by atoms with Crippen LogP contribution in [0.2, 0.25) is 0 Å². The summed E-state index contributed by atoms with van der Waals surface area (Å²) in [6.07, 6.45) is 0. The lowest BCUT2D eigenvalue weighted by Crippen LogP contribution is -2.38. The first-order valence-corrected chi connectivity index (χ1v) is 5.68. The average molecular weight is 254 g/mol. The van der Waals surface area contributed by atoms with Crippen molar-refractivity contribution in [1.82, 2.24) is 0 Å². The molecule has 0 spiro atoms. The van der Waals surface area contributed by atoms with Crippen LogP contribution in [0.3, 0.4) is 0 Å². The van der Waals surface area contributed by atoms with E-state index in [0.717, 1.165) is 0 Å². The van der Waals surface area contributed by atoms with Crippen LogP contribution in [0.1, 0.15) is 10.4 Å². The molecule has 1 rings (SSSR count). The summed E-state index contributed by atoms with van der Waals surface area (Å²) in [7, 11) is 7.53. The van der Waals surface area contributed by atoms with Gasteiger partial charge in [0, 0.05) is 6.07 Å². The second kappa shape index (κ2) is 5.73. The predicted octanol–water partition coefficient (Wildman–Crippen LogP) is 1.26. The molecule has 18 heavy (non-hydrogen) atoms. The highest BCUT2D eigenvalue weighted by molar-refractivity contribution is 5.92. The highest BCUT2D eigenvalue weighted by Gasteiger charge is 2.15. The third-order valence-electron chi connectivity index (χ3n) is 2.42. The molecule has 5 heteroatoms. The number of phenols is 1. The number of benzene rings is 1. The number of ether oxygens (including phenoxy) is 2. The van der Waals surface area contributed by atoms with Gasteiger partial charge < -0.3 is 19.1 Å². The number of methoxy groups -OCH3 is 1. The fraction of sp³-hybridized carbons (Fsp3) is 0.462. The number of phenolic OH excluding ortho intramolecular Hbond substituents is 1. The molecule has 100 valence electrons. The first-order chi connectivity index (χ1) is 8.33. The highest BCUT2D eigenvalue weighted by Crippen LogP contribution is 2.23. The SMILES string of the molecule is COc1ccc(C(=O)OCC[N+](C)(C)C)c(O)c1. The fourth-order valence-electron chi connectivity index (χ4n) is 1.30. The Morgan fingerprint density at radius 3 is 2.50 bits per heavy atom. The minimum absolute atomic E-state index is 0.135. The van der Waals surface area contributed by atoms with Crippen LogP contribution in [0, 0.1) is 0 Å². The van der Waals surface area contributed by atoms with Gasteiger partial charge in [0.25, 0.3) is 0 Å². The van der Waals surface area contributed by atoms with E-state index in [1.165, 1.54) is 19.2 Å². The molecular formula is C13H20NO4+. The summed E-state index contributed by atoms with van der Waals surface area (Å²) in [5.74, 6) is -0.163. The normalized spacial score (nSPS) is 11.1. The molecule has 0 aliphatic heterocycles. The van der Waals surface area contributed by atoms with Crippen LogP contribution in [0.5, 0.6) is 11.5 Å². The number of likely N-dealkylation sites (N-methyl/N-ethyl adjacent to an activating group) is 1. The Hall–Kier alpha value is -1.75. The first kappa shape index (κ1) is 14.3. The molecular weight excluding hydrogens is 234 g/mol. The Morgan fingerprint density at radius 1 is 1.33 bits per heavy atom. The van der Waals surface area contributed by atoms with E-state index >= 15 is 0 Å². The van der Waals surface area contributed by atoms with Crippen LogP contribution in [0.25, 0.3) is 0 Å². The molecule has 0 saturated carbocycles. The number of hydrogen-bond acceptors (Lipinski definition) is 4. The first-order valence-electron chi connectivity index (χ1n) is 5.68. The van der Waals surface area contributed by atoms with E-state index in [1.807, 2.05) is 21.1 Å². The lowest BCUT2D eigenvalue weighted by molar-refractivity contribution is -0.870. The van der Waals surface area contributed by atoms with E-state index in [0.29, 0.717) is 23.4 Å². The third kappa shape index (κ3) is 4.25. The molecule has 0 heterocycles. The Morgan fingerprint density at radius 2 is 2.00 bits per heavy atom. The van der Waals surface area contributed by atoms with Gasteiger partial charge >= 0.3 is 5.97 Å². The quantitative estimate of drug-likeness (QED) is 0.635. The van der Waals surface area contributed by atoms with Gasteiger partial charge in [-0.05, 0) is 12.1 Å². The maximum absolute atomic E-state index is 11.7. The van der Waals surface area contributed by atoms with Crippen LogP contribution >= 0.6 is 0 Å². The highest BCUT2D eigenvalue weighted by atomic mass is 16.5. The van der Waals surface area contributed by atoms with Gasteiger partial charge in [-0.2, -0.15) is 0 Å². The molecule has 1 N–H and O–H groups in total. The Balaban J connectivity index is 2.62. The Kier molecular flexibility index (Phi) is 4.55. The number of esters is 1. The molecule has 0 amide bonds. The monoisotopic (exact) mass is 254 g/mol. The molecule has 1 aromatic rings. The van der Waals surface area contributed by atoms with Gasteiger partial charge in [0.15, 0.2) is 0 Å². The number of carbonyl (C=O) groups excluding carboxylic acids is 1. The molecule has 5 nitrogen and oxygen atoms in total. The zero-order valence-corrected chi connectivity index (χ0v) is 11.3. The van der Waals surface area contributed by atoms with E-state index in [2.05, 4.69) is 0 Å². The van der Waals surface area contributed by atoms with E-state index in [1.54, 1.807) is 6.07 Å². The Bertz CT molecular complexity index is 423. The summed E-state index contributed by atoms with van der Waals surface area (Å²) >= 11 is 0. The molecule has 0 radical (unpaired) electrons. The molecule has 0 bridgehead atoms. The van der Waals surface area contributed by atoms with Crippen LogP contribution < -0.4 is 4.74 Å². The second-order valence-electron chi connectivity index (χ2n) is 5.03. The van der Waals surface area contributed by atoms with Crippen LogP contribution in [-0.4, -0.2) is 57.0 Å². The van der Waals surface area contributed by atoms with Crippen molar-refractivity contribution in [2.75, 3.05) is 41.4 Å². The van der Waals surface area contributed by atoms with Gasteiger partial charge in [0.05, 0.1) is 28.3 Å². The molecule has 0 atom stereocenters. The van der Waals surface area contributed by atoms with Crippen molar-refractivity contribution >= 4 is 5.97 Å². The number of quaternary nitrogens is 1. The molecule has 0 fully saturated rings. The molecule has 0 aromatic heterocycles. The lowest BCUT2D eigenvalue weighted by Gasteiger charge is -2.23. The van der Waals surface area contributed by atoms with Gasteiger partial charge in [-0.25, -0.2) is 4.79 Å². The molecule has 0 aliphatic rings. The second-order valence-corrected chi connectivity index (χ2v) is 5.03. The Labute approximate surface area is 107 Å². The number of hydrogen-bond donors (Lipinski definition) is 1. The molecule has 1 aromatic carbocycles. The van der Waals surface area contributed by atoms with Gasteiger partial charge in [0.1, 0.15) is 30.2 Å². The average Bonchev–Trinajstić information content (AvgIpc) is 2.26. The van der Waals surface area contributed by atoms with Crippen LogP contribution in [0.15, 0.2) is 18.2 Å². The van der Waals surface area contributed by atoms with Crippen molar-refractivity contribution in [3.05, 3.63) is 23.8 Å². The summed E-state index contributed by atoms with van der Waals surface area (Å²) in [5, 5.41) is 9.67. The third-order valence-corrected chi connectivity index (χ3v) is 2.42. The standard InChI is InChI=1S/C13H19NO4/c1-14(2,3)7-8-18-13(16)11-6-5-10(17-4)9-12(11)15/h5-6,9H,7-8H2,1-4H3/p+1. The van der Waals surface area contributed by atoms with Crippen LogP contribution in [0.4, 0.5) is 0 Å².